The summed E-state index contributed by atoms with van der Waals surface area (Å²) in [5.74, 6) is -0.283. The number of hydrogen-bond donors (Lipinski definition) is 0. The molecule has 6 heteroatoms. The third-order valence-corrected chi connectivity index (χ3v) is 4.68. The van der Waals surface area contributed by atoms with Crippen molar-refractivity contribution in [2.75, 3.05) is 26.2 Å². The van der Waals surface area contributed by atoms with Gasteiger partial charge >= 0.3 is 0 Å². The van der Waals surface area contributed by atoms with E-state index in [1.54, 1.807) is 23.1 Å². The molecule has 0 saturated carbocycles. The first-order chi connectivity index (χ1) is 11.9. The Kier molecular flexibility index (Phi) is 4.90. The summed E-state index contributed by atoms with van der Waals surface area (Å²) in [6, 6.07) is 4.80. The number of imide groups is 1. The van der Waals surface area contributed by atoms with Crippen molar-refractivity contribution in [1.29, 1.82) is 0 Å². The van der Waals surface area contributed by atoms with Crippen molar-refractivity contribution in [3.8, 4) is 0 Å². The normalized spacial score (nSPS) is 20.4. The van der Waals surface area contributed by atoms with Crippen LogP contribution in [0.1, 0.15) is 58.3 Å². The van der Waals surface area contributed by atoms with Gasteiger partial charge in [0.1, 0.15) is 0 Å². The first-order valence-electron chi connectivity index (χ1n) is 8.79. The zero-order chi connectivity index (χ0) is 18.1. The number of fused-ring (bicyclic) bond motifs is 1. The molecule has 1 fully saturated rings. The number of carbonyl (C=O) groups is 3. The Morgan fingerprint density at radius 2 is 1.96 bits per heavy atom. The number of morpholine rings is 1. The van der Waals surface area contributed by atoms with Crippen LogP contribution in [-0.4, -0.2) is 59.9 Å². The summed E-state index contributed by atoms with van der Waals surface area (Å²) in [6.45, 7) is 8.02. The van der Waals surface area contributed by atoms with Gasteiger partial charge < -0.3 is 9.64 Å². The van der Waals surface area contributed by atoms with Crippen molar-refractivity contribution >= 4 is 17.7 Å². The van der Waals surface area contributed by atoms with E-state index in [9.17, 15) is 14.4 Å². The van der Waals surface area contributed by atoms with Crippen molar-refractivity contribution in [1.82, 2.24) is 9.80 Å². The Bertz CT molecular complexity index is 713. The second-order valence-corrected chi connectivity index (χ2v) is 7.14. The van der Waals surface area contributed by atoms with Crippen LogP contribution in [0.15, 0.2) is 18.2 Å². The van der Waals surface area contributed by atoms with E-state index < -0.39 is 0 Å². The third kappa shape index (κ3) is 3.44. The van der Waals surface area contributed by atoms with Gasteiger partial charge in [-0.3, -0.25) is 19.3 Å². The van der Waals surface area contributed by atoms with E-state index in [2.05, 4.69) is 13.8 Å². The van der Waals surface area contributed by atoms with Crippen molar-refractivity contribution in [2.24, 2.45) is 5.92 Å². The standard InChI is InChI=1S/C19H24N2O4/c1-12(2)6-7-21-18(23)15-5-4-14(10-16(15)19(21)24)17(22)20-8-9-25-13(3)11-20/h4-5,10,12-13H,6-9,11H2,1-3H3. The highest BCUT2D eigenvalue weighted by molar-refractivity contribution is 6.22. The molecule has 1 atom stereocenters. The summed E-state index contributed by atoms with van der Waals surface area (Å²) in [5, 5.41) is 0. The van der Waals surface area contributed by atoms with Gasteiger partial charge in [0.25, 0.3) is 17.7 Å². The van der Waals surface area contributed by atoms with E-state index in [-0.39, 0.29) is 23.8 Å². The fourth-order valence-electron chi connectivity index (χ4n) is 3.20. The molecule has 2 heterocycles. The van der Waals surface area contributed by atoms with Gasteiger partial charge in [0.05, 0.1) is 23.8 Å². The van der Waals surface area contributed by atoms with Crippen molar-refractivity contribution in [2.45, 2.75) is 33.3 Å². The van der Waals surface area contributed by atoms with Gasteiger partial charge in [0.2, 0.25) is 0 Å². The van der Waals surface area contributed by atoms with Crippen LogP contribution in [0.2, 0.25) is 0 Å². The molecule has 0 bridgehead atoms. The van der Waals surface area contributed by atoms with E-state index in [0.717, 1.165) is 6.42 Å². The summed E-state index contributed by atoms with van der Waals surface area (Å²) >= 11 is 0. The van der Waals surface area contributed by atoms with Crippen LogP contribution in [-0.2, 0) is 4.74 Å². The molecule has 1 aromatic carbocycles. The van der Waals surface area contributed by atoms with Crippen LogP contribution in [0.4, 0.5) is 0 Å². The topological polar surface area (TPSA) is 66.9 Å². The fourth-order valence-corrected chi connectivity index (χ4v) is 3.20. The van der Waals surface area contributed by atoms with Crippen LogP contribution >= 0.6 is 0 Å². The highest BCUT2D eigenvalue weighted by Crippen LogP contribution is 2.25. The smallest absolute Gasteiger partial charge is 0.261 e. The molecular formula is C19H24N2O4. The average molecular weight is 344 g/mol. The Labute approximate surface area is 147 Å². The lowest BCUT2D eigenvalue weighted by molar-refractivity contribution is -0.0124. The second kappa shape index (κ2) is 6.96. The highest BCUT2D eigenvalue weighted by atomic mass is 16.5. The summed E-state index contributed by atoms with van der Waals surface area (Å²) in [4.78, 5) is 40.7. The molecule has 1 aromatic rings. The fraction of sp³-hybridized carbons (Fsp3) is 0.526. The summed E-state index contributed by atoms with van der Waals surface area (Å²) in [7, 11) is 0. The minimum atomic E-state index is -0.300. The number of amides is 3. The summed E-state index contributed by atoms with van der Waals surface area (Å²) < 4.78 is 5.46. The molecule has 2 aliphatic rings. The third-order valence-electron chi connectivity index (χ3n) is 4.68. The first kappa shape index (κ1) is 17.6. The quantitative estimate of drug-likeness (QED) is 0.785. The largest absolute Gasteiger partial charge is 0.375 e. The Hall–Kier alpha value is -2.21. The predicted octanol–water partition coefficient (Wildman–Crippen LogP) is 2.19. The maximum absolute atomic E-state index is 12.7. The Balaban J connectivity index is 1.80. The second-order valence-electron chi connectivity index (χ2n) is 7.14. The number of benzene rings is 1. The van der Waals surface area contributed by atoms with Gasteiger partial charge in [-0.2, -0.15) is 0 Å². The number of nitrogens with zero attached hydrogens (tertiary/aromatic N) is 2. The molecule has 1 saturated heterocycles. The van der Waals surface area contributed by atoms with E-state index >= 15 is 0 Å². The molecule has 0 N–H and O–H groups in total. The molecule has 6 nitrogen and oxygen atoms in total. The molecule has 3 rings (SSSR count). The van der Waals surface area contributed by atoms with E-state index in [4.69, 9.17) is 4.74 Å². The molecule has 0 aromatic heterocycles. The minimum Gasteiger partial charge on any atom is -0.375 e. The van der Waals surface area contributed by atoms with Crippen LogP contribution in [0.3, 0.4) is 0 Å². The Morgan fingerprint density at radius 3 is 2.64 bits per heavy atom. The van der Waals surface area contributed by atoms with Crippen LogP contribution in [0, 0.1) is 5.92 Å². The van der Waals surface area contributed by atoms with Crippen LogP contribution < -0.4 is 0 Å². The lowest BCUT2D eigenvalue weighted by Crippen LogP contribution is -2.44. The van der Waals surface area contributed by atoms with Crippen molar-refractivity contribution < 1.29 is 19.1 Å². The summed E-state index contributed by atoms with van der Waals surface area (Å²) in [5.41, 5.74) is 1.17. The Morgan fingerprint density at radius 1 is 1.24 bits per heavy atom. The molecule has 134 valence electrons. The molecule has 25 heavy (non-hydrogen) atoms. The van der Waals surface area contributed by atoms with E-state index in [0.29, 0.717) is 48.8 Å². The van der Waals surface area contributed by atoms with Gasteiger partial charge in [-0.25, -0.2) is 0 Å². The van der Waals surface area contributed by atoms with E-state index in [1.807, 2.05) is 6.92 Å². The van der Waals surface area contributed by atoms with Gasteiger partial charge in [-0.05, 0) is 37.5 Å². The minimum absolute atomic E-state index is 0.00172. The lowest BCUT2D eigenvalue weighted by Gasteiger charge is -2.31. The van der Waals surface area contributed by atoms with Crippen molar-refractivity contribution in [3.63, 3.8) is 0 Å². The number of carbonyl (C=O) groups excluding carboxylic acids is 3. The number of ether oxygens (including phenoxy) is 1. The van der Waals surface area contributed by atoms with E-state index in [1.165, 1.54) is 4.90 Å². The number of hydrogen-bond acceptors (Lipinski definition) is 4. The molecular weight excluding hydrogens is 320 g/mol. The molecule has 0 spiro atoms. The average Bonchev–Trinajstić information content (AvgIpc) is 2.83. The van der Waals surface area contributed by atoms with Gasteiger partial charge in [-0.15, -0.1) is 0 Å². The maximum atomic E-state index is 12.7. The monoisotopic (exact) mass is 344 g/mol. The van der Waals surface area contributed by atoms with Gasteiger partial charge in [-0.1, -0.05) is 13.8 Å². The zero-order valence-corrected chi connectivity index (χ0v) is 14.9. The zero-order valence-electron chi connectivity index (χ0n) is 14.9. The van der Waals surface area contributed by atoms with Gasteiger partial charge in [0, 0.05) is 25.2 Å². The molecule has 0 radical (unpaired) electrons. The SMILES string of the molecule is CC(C)CCN1C(=O)c2ccc(C(=O)N3CCOC(C)C3)cc2C1=O. The van der Waals surface area contributed by atoms with Crippen molar-refractivity contribution in [3.05, 3.63) is 34.9 Å². The molecule has 1 unspecified atom stereocenters. The predicted molar refractivity (Wildman–Crippen MR) is 92.6 cm³/mol. The highest BCUT2D eigenvalue weighted by Gasteiger charge is 2.36. The number of rotatable bonds is 4. The maximum Gasteiger partial charge on any atom is 0.261 e. The van der Waals surface area contributed by atoms with Gasteiger partial charge in [0.15, 0.2) is 0 Å². The molecule has 0 aliphatic carbocycles. The van der Waals surface area contributed by atoms with Crippen LogP contribution in [0.25, 0.3) is 0 Å². The molecule has 2 aliphatic heterocycles. The van der Waals surface area contributed by atoms with Crippen LogP contribution in [0.5, 0.6) is 0 Å². The molecule has 3 amide bonds. The summed E-state index contributed by atoms with van der Waals surface area (Å²) in [6.07, 6.45) is 0.769. The first-order valence-corrected chi connectivity index (χ1v) is 8.79. The lowest BCUT2D eigenvalue weighted by atomic mass is 10.0.